The number of aliphatic hydroxyl groups is 1. The van der Waals surface area contributed by atoms with Gasteiger partial charge in [-0.25, -0.2) is 4.79 Å². The number of aliphatic hydroxyl groups excluding tert-OH is 1. The number of ether oxygens (including phenoxy) is 1. The summed E-state index contributed by atoms with van der Waals surface area (Å²) in [6.07, 6.45) is 1.51. The standard InChI is InChI=1S/C13H16O3/c1-8-5-9(10-6-11(14)7-10)3-4-12(8)13(15)16-2/h3-5,10-11,14H,6-7H2,1-2H3. The zero-order valence-electron chi connectivity index (χ0n) is 9.56. The molecule has 3 nitrogen and oxygen atoms in total. The van der Waals surface area contributed by atoms with Crippen molar-refractivity contribution in [3.8, 4) is 0 Å². The van der Waals surface area contributed by atoms with Crippen LogP contribution in [0.15, 0.2) is 18.2 Å². The molecule has 0 atom stereocenters. The molecule has 1 aromatic carbocycles. The summed E-state index contributed by atoms with van der Waals surface area (Å²) in [6, 6.07) is 5.78. The van der Waals surface area contributed by atoms with E-state index in [-0.39, 0.29) is 12.1 Å². The molecule has 2 rings (SSSR count). The Bertz CT molecular complexity index is 406. The van der Waals surface area contributed by atoms with Gasteiger partial charge in [-0.15, -0.1) is 0 Å². The molecule has 1 N–H and O–H groups in total. The minimum atomic E-state index is -0.294. The third-order valence-electron chi connectivity index (χ3n) is 3.24. The van der Waals surface area contributed by atoms with Crippen LogP contribution in [0.5, 0.6) is 0 Å². The van der Waals surface area contributed by atoms with Crippen LogP contribution in [0.25, 0.3) is 0 Å². The maximum Gasteiger partial charge on any atom is 0.338 e. The number of rotatable bonds is 2. The van der Waals surface area contributed by atoms with Crippen molar-refractivity contribution in [1.82, 2.24) is 0 Å². The number of hydrogen-bond donors (Lipinski definition) is 1. The zero-order chi connectivity index (χ0) is 11.7. The second kappa shape index (κ2) is 4.26. The van der Waals surface area contributed by atoms with Gasteiger partial charge in [-0.05, 0) is 42.9 Å². The predicted octanol–water partition coefficient (Wildman–Crippen LogP) is 2.02. The van der Waals surface area contributed by atoms with E-state index < -0.39 is 0 Å². The average Bonchev–Trinajstić information content (AvgIpc) is 2.23. The lowest BCUT2D eigenvalue weighted by molar-refractivity contribution is 0.0598. The van der Waals surface area contributed by atoms with Gasteiger partial charge in [0, 0.05) is 0 Å². The van der Waals surface area contributed by atoms with Crippen LogP contribution in [0, 0.1) is 6.92 Å². The Labute approximate surface area is 95.0 Å². The molecule has 1 aromatic rings. The van der Waals surface area contributed by atoms with E-state index in [1.807, 2.05) is 19.1 Å². The third kappa shape index (κ3) is 1.95. The van der Waals surface area contributed by atoms with E-state index in [9.17, 15) is 9.90 Å². The highest BCUT2D eigenvalue weighted by molar-refractivity contribution is 5.91. The summed E-state index contributed by atoms with van der Waals surface area (Å²) >= 11 is 0. The summed E-state index contributed by atoms with van der Waals surface area (Å²) in [7, 11) is 1.39. The molecule has 1 aliphatic carbocycles. The van der Waals surface area contributed by atoms with Gasteiger partial charge in [0.25, 0.3) is 0 Å². The van der Waals surface area contributed by atoms with E-state index in [1.54, 1.807) is 6.07 Å². The highest BCUT2D eigenvalue weighted by Gasteiger charge is 2.28. The first kappa shape index (κ1) is 11.1. The fraction of sp³-hybridized carbons (Fsp3) is 0.462. The Hall–Kier alpha value is -1.35. The van der Waals surface area contributed by atoms with Crippen LogP contribution in [0.2, 0.25) is 0 Å². The second-order valence-corrected chi connectivity index (χ2v) is 4.39. The van der Waals surface area contributed by atoms with Crippen LogP contribution in [-0.2, 0) is 4.74 Å². The van der Waals surface area contributed by atoms with Crippen molar-refractivity contribution < 1.29 is 14.6 Å². The molecule has 16 heavy (non-hydrogen) atoms. The van der Waals surface area contributed by atoms with Crippen LogP contribution < -0.4 is 0 Å². The molecular weight excluding hydrogens is 204 g/mol. The van der Waals surface area contributed by atoms with Gasteiger partial charge in [0.2, 0.25) is 0 Å². The number of carbonyl (C=O) groups is 1. The molecule has 0 heterocycles. The highest BCUT2D eigenvalue weighted by Crippen LogP contribution is 2.37. The number of methoxy groups -OCH3 is 1. The van der Waals surface area contributed by atoms with Crippen LogP contribution in [0.4, 0.5) is 0 Å². The lowest BCUT2D eigenvalue weighted by atomic mass is 9.77. The van der Waals surface area contributed by atoms with E-state index in [4.69, 9.17) is 4.74 Å². The Balaban J connectivity index is 2.19. The van der Waals surface area contributed by atoms with Crippen LogP contribution in [0.3, 0.4) is 0 Å². The molecule has 0 spiro atoms. The van der Waals surface area contributed by atoms with Crippen molar-refractivity contribution in [2.75, 3.05) is 7.11 Å². The summed E-state index contributed by atoms with van der Waals surface area (Å²) in [5, 5.41) is 9.26. The number of carbonyl (C=O) groups excluding carboxylic acids is 1. The molecule has 86 valence electrons. The van der Waals surface area contributed by atoms with Crippen LogP contribution in [0.1, 0.15) is 40.2 Å². The van der Waals surface area contributed by atoms with Gasteiger partial charge in [-0.1, -0.05) is 12.1 Å². The van der Waals surface area contributed by atoms with Gasteiger partial charge < -0.3 is 9.84 Å². The van der Waals surface area contributed by atoms with Crippen molar-refractivity contribution in [1.29, 1.82) is 0 Å². The lowest BCUT2D eigenvalue weighted by Crippen LogP contribution is -2.26. The van der Waals surface area contributed by atoms with E-state index in [2.05, 4.69) is 0 Å². The number of aryl methyl sites for hydroxylation is 1. The largest absolute Gasteiger partial charge is 0.465 e. The number of benzene rings is 1. The Morgan fingerprint density at radius 2 is 2.12 bits per heavy atom. The monoisotopic (exact) mass is 220 g/mol. The van der Waals surface area contributed by atoms with Gasteiger partial charge in [-0.2, -0.15) is 0 Å². The van der Waals surface area contributed by atoms with Gasteiger partial charge >= 0.3 is 5.97 Å². The van der Waals surface area contributed by atoms with Gasteiger partial charge in [0.15, 0.2) is 0 Å². The molecule has 1 saturated carbocycles. The first-order valence-corrected chi connectivity index (χ1v) is 5.48. The van der Waals surface area contributed by atoms with E-state index in [1.165, 1.54) is 12.7 Å². The maximum absolute atomic E-state index is 11.4. The molecule has 1 aliphatic rings. The smallest absolute Gasteiger partial charge is 0.338 e. The molecule has 0 saturated heterocycles. The van der Waals surface area contributed by atoms with Gasteiger partial charge in [-0.3, -0.25) is 0 Å². The SMILES string of the molecule is COC(=O)c1ccc(C2CC(O)C2)cc1C. The van der Waals surface area contributed by atoms with E-state index in [0.29, 0.717) is 11.5 Å². The van der Waals surface area contributed by atoms with Crippen molar-refractivity contribution in [3.63, 3.8) is 0 Å². The summed E-state index contributed by atoms with van der Waals surface area (Å²) < 4.78 is 4.70. The van der Waals surface area contributed by atoms with E-state index in [0.717, 1.165) is 18.4 Å². The lowest BCUT2D eigenvalue weighted by Gasteiger charge is -2.32. The molecule has 0 aromatic heterocycles. The molecular formula is C13H16O3. The molecule has 0 bridgehead atoms. The fourth-order valence-electron chi connectivity index (χ4n) is 2.14. The Morgan fingerprint density at radius 3 is 2.62 bits per heavy atom. The topological polar surface area (TPSA) is 46.5 Å². The van der Waals surface area contributed by atoms with Gasteiger partial charge in [0.05, 0.1) is 18.8 Å². The van der Waals surface area contributed by atoms with Crippen molar-refractivity contribution in [3.05, 3.63) is 34.9 Å². The quantitative estimate of drug-likeness (QED) is 0.776. The summed E-state index contributed by atoms with van der Waals surface area (Å²) in [5.41, 5.74) is 2.76. The molecule has 0 aliphatic heterocycles. The fourth-order valence-corrected chi connectivity index (χ4v) is 2.14. The summed E-state index contributed by atoms with van der Waals surface area (Å²) in [6.45, 7) is 1.91. The second-order valence-electron chi connectivity index (χ2n) is 4.39. The normalized spacial score (nSPS) is 23.7. The summed E-state index contributed by atoms with van der Waals surface area (Å²) in [4.78, 5) is 11.4. The first-order chi connectivity index (χ1) is 7.61. The number of esters is 1. The zero-order valence-corrected chi connectivity index (χ0v) is 9.56. The molecule has 0 unspecified atom stereocenters. The average molecular weight is 220 g/mol. The highest BCUT2D eigenvalue weighted by atomic mass is 16.5. The molecule has 0 amide bonds. The Morgan fingerprint density at radius 1 is 1.44 bits per heavy atom. The third-order valence-corrected chi connectivity index (χ3v) is 3.24. The maximum atomic E-state index is 11.4. The minimum Gasteiger partial charge on any atom is -0.465 e. The summed E-state index contributed by atoms with van der Waals surface area (Å²) in [5.74, 6) is 0.151. The van der Waals surface area contributed by atoms with E-state index >= 15 is 0 Å². The van der Waals surface area contributed by atoms with Gasteiger partial charge in [0.1, 0.15) is 0 Å². The Kier molecular flexibility index (Phi) is 2.97. The van der Waals surface area contributed by atoms with Crippen molar-refractivity contribution in [2.24, 2.45) is 0 Å². The molecule has 1 fully saturated rings. The van der Waals surface area contributed by atoms with Crippen LogP contribution in [-0.4, -0.2) is 24.3 Å². The molecule has 0 radical (unpaired) electrons. The van der Waals surface area contributed by atoms with Crippen LogP contribution >= 0.6 is 0 Å². The van der Waals surface area contributed by atoms with Crippen molar-refractivity contribution in [2.45, 2.75) is 31.8 Å². The minimum absolute atomic E-state index is 0.148. The predicted molar refractivity (Wildman–Crippen MR) is 60.5 cm³/mol. The molecule has 3 heteroatoms. The number of hydrogen-bond acceptors (Lipinski definition) is 3. The first-order valence-electron chi connectivity index (χ1n) is 5.48. The van der Waals surface area contributed by atoms with Crippen molar-refractivity contribution >= 4 is 5.97 Å².